The first kappa shape index (κ1) is 19.0. The summed E-state index contributed by atoms with van der Waals surface area (Å²) in [6, 6.07) is 11.7. The molecule has 28 heavy (non-hydrogen) atoms. The van der Waals surface area contributed by atoms with Crippen LogP contribution < -0.4 is 21.3 Å². The number of anilines is 1. The van der Waals surface area contributed by atoms with E-state index in [0.717, 1.165) is 21.4 Å². The molecule has 0 bridgehead atoms. The monoisotopic (exact) mass is 384 g/mol. The van der Waals surface area contributed by atoms with Crippen molar-refractivity contribution in [3.05, 3.63) is 80.9 Å². The minimum Gasteiger partial charge on any atom is -0.492 e. The van der Waals surface area contributed by atoms with Gasteiger partial charge in [0, 0.05) is 7.05 Å². The van der Waals surface area contributed by atoms with Crippen molar-refractivity contribution in [1.82, 2.24) is 14.3 Å². The molecule has 3 aromatic rings. The Balaban J connectivity index is 2.05. The van der Waals surface area contributed by atoms with Gasteiger partial charge in [0.15, 0.2) is 0 Å². The van der Waals surface area contributed by atoms with E-state index in [1.165, 1.54) is 19.2 Å². The molecular weight excluding hydrogens is 367 g/mol. The topological polar surface area (TPSA) is 95.2 Å². The van der Waals surface area contributed by atoms with Crippen molar-refractivity contribution >= 4 is 11.6 Å². The molecule has 2 aromatic carbocycles. The maximum Gasteiger partial charge on any atom is 0.351 e. The van der Waals surface area contributed by atoms with Crippen molar-refractivity contribution in [1.29, 1.82) is 0 Å². The van der Waals surface area contributed by atoms with Crippen LogP contribution in [-0.2, 0) is 7.05 Å². The summed E-state index contributed by atoms with van der Waals surface area (Å²) < 4.78 is 20.2. The van der Waals surface area contributed by atoms with E-state index in [-0.39, 0.29) is 5.69 Å². The zero-order chi connectivity index (χ0) is 20.3. The Morgan fingerprint density at radius 2 is 1.82 bits per heavy atom. The third kappa shape index (κ3) is 3.68. The molecule has 1 amide bonds. The summed E-state index contributed by atoms with van der Waals surface area (Å²) in [5.74, 6) is -0.863. The second-order valence-electron chi connectivity index (χ2n) is 5.77. The maximum absolute atomic E-state index is 13.2. The van der Waals surface area contributed by atoms with E-state index in [0.29, 0.717) is 18.0 Å². The molecular formula is C19H17FN4O4. The van der Waals surface area contributed by atoms with E-state index in [9.17, 15) is 18.8 Å². The highest BCUT2D eigenvalue weighted by Crippen LogP contribution is 2.23. The van der Waals surface area contributed by atoms with Gasteiger partial charge in [-0.15, -0.1) is 0 Å². The number of ether oxygens (including phenoxy) is 1. The lowest BCUT2D eigenvalue weighted by Crippen LogP contribution is -2.43. The summed E-state index contributed by atoms with van der Waals surface area (Å²) in [5.41, 5.74) is -1.53. The number of para-hydroxylation sites is 2. The lowest BCUT2D eigenvalue weighted by Gasteiger charge is -2.12. The summed E-state index contributed by atoms with van der Waals surface area (Å²) in [6.45, 7) is 2.19. The summed E-state index contributed by atoms with van der Waals surface area (Å²) in [6.07, 6.45) is 0. The SMILES string of the molecule is CCOc1ccccc1NC(=O)c1nn(-c2ccc(F)cc2)c(=O)n(C)c1=O. The number of hydrogen-bond donors (Lipinski definition) is 1. The Morgan fingerprint density at radius 1 is 1.14 bits per heavy atom. The quantitative estimate of drug-likeness (QED) is 0.723. The van der Waals surface area contributed by atoms with E-state index in [2.05, 4.69) is 10.4 Å². The van der Waals surface area contributed by atoms with Gasteiger partial charge in [-0.2, -0.15) is 9.78 Å². The maximum atomic E-state index is 13.2. The number of aromatic nitrogens is 3. The zero-order valence-electron chi connectivity index (χ0n) is 15.2. The standard InChI is InChI=1S/C19H17FN4O4/c1-3-28-15-7-5-4-6-14(15)21-17(25)16-18(26)23(2)19(27)24(22-16)13-10-8-12(20)9-11-13/h4-11H,3H2,1-2H3,(H,21,25). The van der Waals surface area contributed by atoms with Gasteiger partial charge in [0.1, 0.15) is 11.6 Å². The number of hydrogen-bond acceptors (Lipinski definition) is 5. The molecule has 8 nitrogen and oxygen atoms in total. The number of nitrogens with zero attached hydrogens (tertiary/aromatic N) is 3. The Labute approximate surface area is 158 Å². The van der Waals surface area contributed by atoms with Crippen LogP contribution in [0.15, 0.2) is 58.1 Å². The highest BCUT2D eigenvalue weighted by molar-refractivity contribution is 6.03. The Kier molecular flexibility index (Phi) is 5.35. The zero-order valence-corrected chi connectivity index (χ0v) is 15.2. The number of nitrogens with one attached hydrogen (secondary N) is 1. The Bertz CT molecular complexity index is 1140. The van der Waals surface area contributed by atoms with Gasteiger partial charge < -0.3 is 10.1 Å². The molecule has 1 heterocycles. The molecule has 0 fully saturated rings. The molecule has 144 valence electrons. The fourth-order valence-corrected chi connectivity index (χ4v) is 2.50. The second-order valence-corrected chi connectivity index (χ2v) is 5.77. The largest absolute Gasteiger partial charge is 0.492 e. The molecule has 0 atom stereocenters. The van der Waals surface area contributed by atoms with Gasteiger partial charge >= 0.3 is 5.69 Å². The van der Waals surface area contributed by atoms with Crippen LogP contribution in [0.1, 0.15) is 17.4 Å². The van der Waals surface area contributed by atoms with Gasteiger partial charge in [-0.25, -0.2) is 9.18 Å². The minimum atomic E-state index is -0.852. The first-order valence-electron chi connectivity index (χ1n) is 8.42. The van der Waals surface area contributed by atoms with Gasteiger partial charge in [0.2, 0.25) is 5.69 Å². The summed E-state index contributed by atoms with van der Waals surface area (Å²) in [7, 11) is 1.23. The van der Waals surface area contributed by atoms with E-state index in [1.807, 2.05) is 0 Å². The smallest absolute Gasteiger partial charge is 0.351 e. The third-order valence-corrected chi connectivity index (χ3v) is 3.90. The summed E-state index contributed by atoms with van der Waals surface area (Å²) in [4.78, 5) is 37.4. The number of rotatable bonds is 5. The second kappa shape index (κ2) is 7.87. The number of carbonyl (C=O) groups is 1. The third-order valence-electron chi connectivity index (χ3n) is 3.90. The van der Waals surface area contributed by atoms with Crippen LogP contribution in [0.5, 0.6) is 5.75 Å². The van der Waals surface area contributed by atoms with Crippen LogP contribution in [0.2, 0.25) is 0 Å². The fourth-order valence-electron chi connectivity index (χ4n) is 2.50. The van der Waals surface area contributed by atoms with Crippen molar-refractivity contribution in [2.24, 2.45) is 7.05 Å². The first-order valence-corrected chi connectivity index (χ1v) is 8.42. The highest BCUT2D eigenvalue weighted by atomic mass is 19.1. The lowest BCUT2D eigenvalue weighted by molar-refractivity contribution is 0.101. The van der Waals surface area contributed by atoms with Crippen LogP contribution in [-0.4, -0.2) is 26.9 Å². The average Bonchev–Trinajstić information content (AvgIpc) is 2.69. The van der Waals surface area contributed by atoms with E-state index >= 15 is 0 Å². The van der Waals surface area contributed by atoms with Crippen molar-refractivity contribution in [3.63, 3.8) is 0 Å². The van der Waals surface area contributed by atoms with Crippen molar-refractivity contribution < 1.29 is 13.9 Å². The van der Waals surface area contributed by atoms with Gasteiger partial charge in [0.05, 0.1) is 18.0 Å². The van der Waals surface area contributed by atoms with E-state index in [1.54, 1.807) is 31.2 Å². The normalized spacial score (nSPS) is 10.5. The fraction of sp³-hybridized carbons (Fsp3) is 0.158. The molecule has 0 saturated heterocycles. The first-order chi connectivity index (χ1) is 13.4. The molecule has 0 aliphatic heterocycles. The summed E-state index contributed by atoms with van der Waals surface area (Å²) in [5, 5.41) is 6.47. The van der Waals surface area contributed by atoms with Crippen LogP contribution in [0.3, 0.4) is 0 Å². The molecule has 9 heteroatoms. The predicted molar refractivity (Wildman–Crippen MR) is 101 cm³/mol. The number of amides is 1. The highest BCUT2D eigenvalue weighted by Gasteiger charge is 2.20. The molecule has 3 rings (SSSR count). The van der Waals surface area contributed by atoms with Crippen molar-refractivity contribution in [2.45, 2.75) is 6.92 Å². The number of halogens is 1. The van der Waals surface area contributed by atoms with Gasteiger partial charge in [-0.05, 0) is 43.3 Å². The minimum absolute atomic E-state index is 0.214. The van der Waals surface area contributed by atoms with Crippen molar-refractivity contribution in [2.75, 3.05) is 11.9 Å². The van der Waals surface area contributed by atoms with Gasteiger partial charge in [0.25, 0.3) is 11.5 Å². The molecule has 0 spiro atoms. The Morgan fingerprint density at radius 3 is 2.50 bits per heavy atom. The van der Waals surface area contributed by atoms with Crippen molar-refractivity contribution in [3.8, 4) is 11.4 Å². The van der Waals surface area contributed by atoms with Gasteiger partial charge in [-0.1, -0.05) is 12.1 Å². The summed E-state index contributed by atoms with van der Waals surface area (Å²) >= 11 is 0. The molecule has 0 radical (unpaired) electrons. The van der Waals surface area contributed by atoms with Crippen LogP contribution in [0, 0.1) is 5.82 Å². The molecule has 1 N–H and O–H groups in total. The predicted octanol–water partition coefficient (Wildman–Crippen LogP) is 1.72. The molecule has 0 aliphatic rings. The Hall–Kier alpha value is -3.75. The van der Waals surface area contributed by atoms with Crippen LogP contribution >= 0.6 is 0 Å². The van der Waals surface area contributed by atoms with Gasteiger partial charge in [-0.3, -0.25) is 14.2 Å². The molecule has 0 aliphatic carbocycles. The van der Waals surface area contributed by atoms with E-state index in [4.69, 9.17) is 4.74 Å². The number of carbonyl (C=O) groups excluding carboxylic acids is 1. The van der Waals surface area contributed by atoms with Crippen LogP contribution in [0.4, 0.5) is 10.1 Å². The molecule has 1 aromatic heterocycles. The van der Waals surface area contributed by atoms with Crippen LogP contribution in [0.25, 0.3) is 5.69 Å². The van der Waals surface area contributed by atoms with E-state index < -0.39 is 28.7 Å². The molecule has 0 unspecified atom stereocenters. The lowest BCUT2D eigenvalue weighted by atomic mass is 10.2. The molecule has 0 saturated carbocycles. The average molecular weight is 384 g/mol. The number of benzene rings is 2.